The Morgan fingerprint density at radius 1 is 0.640 bits per heavy atom. The van der Waals surface area contributed by atoms with Gasteiger partial charge in [0, 0.05) is 20.3 Å². The standard InChI is InChI=1S/C36H60O14/c1-22-16-12-8-6-5-7-9-15-19-28(39)49-33-27(21-45-25(4)38)48-35(32(43)31(33)42)50-34-30(41)29(40)26(20-44-24(3)37)47-36(34)46-23(2)18-14-11-10-13-17-22/h23,26-27,29-36,40-43H,1,5-21H2,2-4H3/t23?,26?,27?,29-,30?,31?,32?,33-,34?,35+,36-/m1/s1. The second kappa shape index (κ2) is 22.0. The molecule has 4 saturated heterocycles. The molecular weight excluding hydrogens is 656 g/mol. The fourth-order valence-corrected chi connectivity index (χ4v) is 6.47. The summed E-state index contributed by atoms with van der Waals surface area (Å²) in [4.78, 5) is 35.9. The lowest BCUT2D eigenvalue weighted by Gasteiger charge is -2.47. The fraction of sp³-hybridized carbons (Fsp3) is 0.861. The molecule has 0 spiro atoms. The van der Waals surface area contributed by atoms with Crippen molar-refractivity contribution in [3.05, 3.63) is 12.2 Å². The van der Waals surface area contributed by atoms with E-state index in [1.165, 1.54) is 19.4 Å². The maximum Gasteiger partial charge on any atom is 0.306 e. The van der Waals surface area contributed by atoms with Crippen LogP contribution in [0.25, 0.3) is 0 Å². The molecule has 288 valence electrons. The Labute approximate surface area is 295 Å². The number of aliphatic hydroxyl groups excluding tert-OH is 4. The Balaban J connectivity index is 1.79. The molecule has 0 radical (unpaired) electrons. The number of carbonyl (C=O) groups excluding carboxylic acids is 3. The predicted octanol–water partition coefficient (Wildman–Crippen LogP) is 3.13. The number of hydrogen-bond acceptors (Lipinski definition) is 14. The van der Waals surface area contributed by atoms with Crippen LogP contribution in [0.3, 0.4) is 0 Å². The number of aliphatic hydroxyl groups is 4. The lowest BCUT2D eigenvalue weighted by atomic mass is 9.97. The van der Waals surface area contributed by atoms with Crippen molar-refractivity contribution >= 4 is 17.9 Å². The summed E-state index contributed by atoms with van der Waals surface area (Å²) in [5, 5.41) is 44.3. The van der Waals surface area contributed by atoms with Gasteiger partial charge in [0.2, 0.25) is 0 Å². The SMILES string of the molecule is C=C1CCCCCCCCCC(=O)O[C@@H]2C(COC(C)=O)O[C@@H](OC3C(O)[C@H](O)C(COC(C)=O)O[C@H]3OC(C)CCCCCC1)C(O)C2O. The molecule has 0 aromatic rings. The van der Waals surface area contributed by atoms with E-state index in [-0.39, 0.29) is 19.1 Å². The highest BCUT2D eigenvalue weighted by molar-refractivity contribution is 5.69. The molecule has 0 aromatic carbocycles. The van der Waals surface area contributed by atoms with E-state index < -0.39 is 85.9 Å². The fourth-order valence-electron chi connectivity index (χ4n) is 6.47. The van der Waals surface area contributed by atoms with Crippen LogP contribution in [0.2, 0.25) is 0 Å². The monoisotopic (exact) mass is 716 g/mol. The van der Waals surface area contributed by atoms with Crippen molar-refractivity contribution in [2.24, 2.45) is 0 Å². The molecule has 4 heterocycles. The van der Waals surface area contributed by atoms with Gasteiger partial charge in [0.05, 0.1) is 6.10 Å². The van der Waals surface area contributed by atoms with E-state index in [9.17, 15) is 34.8 Å². The summed E-state index contributed by atoms with van der Waals surface area (Å²) in [5.74, 6) is -1.86. The highest BCUT2D eigenvalue weighted by Crippen LogP contribution is 2.32. The summed E-state index contributed by atoms with van der Waals surface area (Å²) in [7, 11) is 0. The molecule has 4 rings (SSSR count). The molecule has 4 aliphatic rings. The Morgan fingerprint density at radius 2 is 1.14 bits per heavy atom. The van der Waals surface area contributed by atoms with Crippen molar-refractivity contribution in [3.8, 4) is 0 Å². The van der Waals surface area contributed by atoms with Crippen LogP contribution in [0, 0.1) is 0 Å². The van der Waals surface area contributed by atoms with Crippen LogP contribution in [0.1, 0.15) is 117 Å². The third kappa shape index (κ3) is 14.1. The van der Waals surface area contributed by atoms with Crippen molar-refractivity contribution in [2.75, 3.05) is 13.2 Å². The Bertz CT molecular complexity index is 1050. The first-order valence-electron chi connectivity index (χ1n) is 18.3. The lowest BCUT2D eigenvalue weighted by molar-refractivity contribution is -0.371. The van der Waals surface area contributed by atoms with Gasteiger partial charge in [-0.3, -0.25) is 14.4 Å². The third-order valence-electron chi connectivity index (χ3n) is 9.41. The van der Waals surface area contributed by atoms with Gasteiger partial charge in [0.25, 0.3) is 0 Å². The molecule has 0 saturated carbocycles. The largest absolute Gasteiger partial charge is 0.463 e. The van der Waals surface area contributed by atoms with Crippen LogP contribution in [-0.4, -0.2) is 119 Å². The highest BCUT2D eigenvalue weighted by atomic mass is 16.8. The maximum atomic E-state index is 12.8. The van der Waals surface area contributed by atoms with Crippen LogP contribution in [-0.2, 0) is 47.5 Å². The summed E-state index contributed by atoms with van der Waals surface area (Å²) in [5.41, 5.74) is 1.28. The zero-order valence-electron chi connectivity index (χ0n) is 30.0. The van der Waals surface area contributed by atoms with Gasteiger partial charge in [0.15, 0.2) is 18.7 Å². The topological polar surface area (TPSA) is 197 Å². The molecule has 4 fully saturated rings. The molecule has 11 atom stereocenters. The van der Waals surface area contributed by atoms with Crippen molar-refractivity contribution in [1.82, 2.24) is 0 Å². The molecule has 0 aliphatic carbocycles. The van der Waals surface area contributed by atoms with E-state index in [2.05, 4.69) is 6.58 Å². The van der Waals surface area contributed by atoms with E-state index in [0.717, 1.165) is 77.0 Å². The summed E-state index contributed by atoms with van der Waals surface area (Å²) in [6.07, 6.45) is -1.77. The first-order valence-corrected chi connectivity index (χ1v) is 18.3. The summed E-state index contributed by atoms with van der Waals surface area (Å²) in [6.45, 7) is 7.67. The average molecular weight is 717 g/mol. The Kier molecular flexibility index (Phi) is 18.6. The lowest BCUT2D eigenvalue weighted by Crippen LogP contribution is -2.65. The minimum absolute atomic E-state index is 0.0918. The number of esters is 3. The molecule has 4 aliphatic heterocycles. The third-order valence-corrected chi connectivity index (χ3v) is 9.41. The van der Waals surface area contributed by atoms with Crippen molar-refractivity contribution < 1.29 is 68.0 Å². The molecule has 0 aromatic heterocycles. The zero-order chi connectivity index (χ0) is 36.6. The number of fused-ring (bicyclic) bond motifs is 21. The number of hydrogen-bond donors (Lipinski definition) is 4. The highest BCUT2D eigenvalue weighted by Gasteiger charge is 2.53. The Hall–Kier alpha value is -2.17. The minimum Gasteiger partial charge on any atom is -0.463 e. The van der Waals surface area contributed by atoms with E-state index >= 15 is 0 Å². The maximum absolute atomic E-state index is 12.8. The molecule has 50 heavy (non-hydrogen) atoms. The first kappa shape index (κ1) is 42.2. The smallest absolute Gasteiger partial charge is 0.306 e. The van der Waals surface area contributed by atoms with E-state index in [4.69, 9.17) is 33.2 Å². The molecule has 14 nitrogen and oxygen atoms in total. The molecule has 0 amide bonds. The summed E-state index contributed by atoms with van der Waals surface area (Å²) >= 11 is 0. The van der Waals surface area contributed by atoms with Crippen LogP contribution in [0.4, 0.5) is 0 Å². The van der Waals surface area contributed by atoms with Gasteiger partial charge in [-0.05, 0) is 45.4 Å². The molecule has 4 N–H and O–H groups in total. The number of rotatable bonds is 4. The van der Waals surface area contributed by atoms with Crippen LogP contribution < -0.4 is 0 Å². The van der Waals surface area contributed by atoms with Crippen molar-refractivity contribution in [3.63, 3.8) is 0 Å². The molecular formula is C36H60O14. The quantitative estimate of drug-likeness (QED) is 0.188. The average Bonchev–Trinajstić information content (AvgIpc) is 3.06. The van der Waals surface area contributed by atoms with Crippen molar-refractivity contribution in [2.45, 2.75) is 185 Å². The number of ether oxygens (including phenoxy) is 7. The van der Waals surface area contributed by atoms with Gasteiger partial charge in [-0.25, -0.2) is 0 Å². The van der Waals surface area contributed by atoms with E-state index in [0.29, 0.717) is 12.8 Å². The summed E-state index contributed by atoms with van der Waals surface area (Å²) in [6, 6.07) is 0. The van der Waals surface area contributed by atoms with Gasteiger partial charge in [-0.2, -0.15) is 0 Å². The van der Waals surface area contributed by atoms with Gasteiger partial charge in [0.1, 0.15) is 55.9 Å². The summed E-state index contributed by atoms with van der Waals surface area (Å²) < 4.78 is 39.7. The minimum atomic E-state index is -1.79. The first-order chi connectivity index (χ1) is 23.9. The van der Waals surface area contributed by atoms with Crippen molar-refractivity contribution in [1.29, 1.82) is 0 Å². The molecule has 2 bridgehead atoms. The number of allylic oxidation sites excluding steroid dienone is 1. The second-order valence-electron chi connectivity index (χ2n) is 13.8. The van der Waals surface area contributed by atoms with Gasteiger partial charge < -0.3 is 53.6 Å². The predicted molar refractivity (Wildman–Crippen MR) is 178 cm³/mol. The normalized spacial score (nSPS) is 36.7. The van der Waals surface area contributed by atoms with Gasteiger partial charge in [-0.15, -0.1) is 0 Å². The Morgan fingerprint density at radius 3 is 1.74 bits per heavy atom. The number of carbonyl (C=O) groups is 3. The van der Waals surface area contributed by atoms with Crippen LogP contribution >= 0.6 is 0 Å². The van der Waals surface area contributed by atoms with E-state index in [1.807, 2.05) is 6.92 Å². The van der Waals surface area contributed by atoms with Crippen LogP contribution in [0.15, 0.2) is 12.2 Å². The van der Waals surface area contributed by atoms with Gasteiger partial charge >= 0.3 is 17.9 Å². The van der Waals surface area contributed by atoms with E-state index in [1.54, 1.807) is 0 Å². The van der Waals surface area contributed by atoms with Gasteiger partial charge in [-0.1, -0.05) is 63.5 Å². The van der Waals surface area contributed by atoms with Crippen LogP contribution in [0.5, 0.6) is 0 Å². The molecule has 7 unspecified atom stereocenters. The second-order valence-corrected chi connectivity index (χ2v) is 13.8. The zero-order valence-corrected chi connectivity index (χ0v) is 30.0. The molecule has 14 heteroatoms.